The minimum Gasteiger partial charge on any atom is -0.508 e. The predicted molar refractivity (Wildman–Crippen MR) is 158 cm³/mol. The Morgan fingerprint density at radius 1 is 1.00 bits per heavy atom. The number of hydrogen-bond donors (Lipinski definition) is 2. The quantitative estimate of drug-likeness (QED) is 0.272. The molecule has 3 aliphatic rings. The van der Waals surface area contributed by atoms with Gasteiger partial charge in [-0.15, -0.1) is 13.2 Å². The molecule has 7 rings (SSSR count). The molecule has 0 unspecified atom stereocenters. The van der Waals surface area contributed by atoms with Gasteiger partial charge in [-0.05, 0) is 62.4 Å². The van der Waals surface area contributed by atoms with E-state index in [1.165, 1.54) is 25.3 Å². The van der Waals surface area contributed by atoms with Crippen LogP contribution >= 0.6 is 0 Å². The highest BCUT2D eigenvalue weighted by Crippen LogP contribution is 2.44. The summed E-state index contributed by atoms with van der Waals surface area (Å²) in [5.74, 6) is -1.43. The number of nitrogens with zero attached hydrogens (tertiary/aromatic N) is 5. The molecule has 4 aromatic rings. The number of alkyl halides is 3. The molecule has 3 aliphatic heterocycles. The van der Waals surface area contributed by atoms with Gasteiger partial charge in [-0.3, -0.25) is 4.90 Å². The summed E-state index contributed by atoms with van der Waals surface area (Å²) in [5.41, 5.74) is -0.763. The summed E-state index contributed by atoms with van der Waals surface area (Å²) in [6.45, 7) is 4.86. The molecule has 0 bridgehead atoms. The number of hydrogen-bond acceptors (Lipinski definition) is 10. The molecule has 2 N–H and O–H groups in total. The maximum Gasteiger partial charge on any atom is 0.573 e. The van der Waals surface area contributed by atoms with E-state index in [-0.39, 0.29) is 56.1 Å². The Balaban J connectivity index is 1.42. The second-order valence-electron chi connectivity index (χ2n) is 11.7. The first-order valence-corrected chi connectivity index (χ1v) is 15.0. The Labute approximate surface area is 255 Å². The lowest BCUT2D eigenvalue weighted by Crippen LogP contribution is -2.44. The Morgan fingerprint density at radius 2 is 1.76 bits per heavy atom. The molecular weight excluding hydrogens is 596 g/mol. The molecule has 10 nitrogen and oxygen atoms in total. The molecule has 3 fully saturated rings. The van der Waals surface area contributed by atoms with Gasteiger partial charge in [0.1, 0.15) is 40.5 Å². The lowest BCUT2D eigenvalue weighted by molar-refractivity contribution is -0.274. The minimum atomic E-state index is -5.01. The van der Waals surface area contributed by atoms with Crippen LogP contribution in [0.3, 0.4) is 0 Å². The van der Waals surface area contributed by atoms with Crippen molar-refractivity contribution in [1.82, 2.24) is 25.2 Å². The lowest BCUT2D eigenvalue weighted by Gasteiger charge is -2.32. The molecule has 0 saturated carbocycles. The zero-order valence-electron chi connectivity index (χ0n) is 24.6. The second kappa shape index (κ2) is 11.3. The van der Waals surface area contributed by atoms with Crippen LogP contribution in [0.1, 0.15) is 25.7 Å². The summed E-state index contributed by atoms with van der Waals surface area (Å²) in [6, 6.07) is 6.37. The first kappa shape index (κ1) is 29.5. The maximum atomic E-state index is 16.8. The van der Waals surface area contributed by atoms with Crippen molar-refractivity contribution >= 4 is 27.5 Å². The Hall–Kier alpha value is -4.17. The van der Waals surface area contributed by atoms with E-state index in [1.807, 2.05) is 4.90 Å². The third kappa shape index (κ3) is 5.39. The number of fused-ring (bicyclic) bond motifs is 3. The van der Waals surface area contributed by atoms with Crippen LogP contribution in [0.15, 0.2) is 30.3 Å². The van der Waals surface area contributed by atoms with Gasteiger partial charge in [0.05, 0.1) is 12.6 Å². The normalized spacial score (nSPS) is 18.5. The predicted octanol–water partition coefficient (Wildman–Crippen LogP) is 5.01. The average Bonchev–Trinajstić information content (AvgIpc) is 3.60. The van der Waals surface area contributed by atoms with Crippen LogP contribution in [0, 0.1) is 5.82 Å². The molecule has 0 amide bonds. The maximum absolute atomic E-state index is 16.8. The highest BCUT2D eigenvalue weighted by atomic mass is 19.4. The smallest absolute Gasteiger partial charge is 0.508 e. The number of benzene rings is 2. The summed E-state index contributed by atoms with van der Waals surface area (Å²) in [5, 5.41) is 14.1. The van der Waals surface area contributed by atoms with E-state index < -0.39 is 17.9 Å². The largest absolute Gasteiger partial charge is 0.573 e. The van der Waals surface area contributed by atoms with Crippen molar-refractivity contribution in [3.8, 4) is 34.6 Å². The van der Waals surface area contributed by atoms with E-state index in [0.717, 1.165) is 50.9 Å². The number of ether oxygens (including phenoxy) is 3. The third-order valence-corrected chi connectivity index (χ3v) is 9.01. The number of rotatable bonds is 7. The fraction of sp³-hybridized carbons (Fsp3) is 0.452. The standard InChI is InChI=1S/C31H32F4N6O4/c1-43-28-23-26(24(32)25(37-28)20-16-19(42)15-18-5-2-6-21(22(18)20)45-31(33,34)35)38-29(39-27(23)40-13-9-36-10-14-40)44-17-30-7-3-11-41(30)12-4-8-30/h2,5-6,15-16,36,42H,3-4,7-14,17H2,1H3. The summed E-state index contributed by atoms with van der Waals surface area (Å²) in [7, 11) is 1.36. The molecule has 14 heteroatoms. The van der Waals surface area contributed by atoms with Gasteiger partial charge in [0, 0.05) is 37.1 Å². The van der Waals surface area contributed by atoms with Crippen LogP contribution in [0.2, 0.25) is 0 Å². The van der Waals surface area contributed by atoms with Crippen molar-refractivity contribution in [2.45, 2.75) is 37.6 Å². The second-order valence-corrected chi connectivity index (χ2v) is 11.7. The zero-order chi connectivity index (χ0) is 31.3. The van der Waals surface area contributed by atoms with Crippen LogP contribution in [0.4, 0.5) is 23.4 Å². The number of piperazine rings is 1. The van der Waals surface area contributed by atoms with Gasteiger partial charge in [0.2, 0.25) is 5.88 Å². The molecule has 0 radical (unpaired) electrons. The fourth-order valence-corrected chi connectivity index (χ4v) is 7.03. The average molecular weight is 629 g/mol. The van der Waals surface area contributed by atoms with Crippen molar-refractivity contribution in [2.75, 3.05) is 57.9 Å². The number of nitrogens with one attached hydrogen (secondary N) is 1. The van der Waals surface area contributed by atoms with Gasteiger partial charge >= 0.3 is 12.4 Å². The van der Waals surface area contributed by atoms with E-state index in [9.17, 15) is 18.3 Å². The summed E-state index contributed by atoms with van der Waals surface area (Å²) < 4.78 is 73.2. The van der Waals surface area contributed by atoms with Crippen LogP contribution in [-0.2, 0) is 0 Å². The van der Waals surface area contributed by atoms with Crippen LogP contribution in [0.25, 0.3) is 32.9 Å². The number of halogens is 4. The van der Waals surface area contributed by atoms with Gasteiger partial charge in [0.15, 0.2) is 5.82 Å². The third-order valence-electron chi connectivity index (χ3n) is 9.01. The number of pyridine rings is 1. The summed E-state index contributed by atoms with van der Waals surface area (Å²) in [6.07, 6.45) is -0.871. The van der Waals surface area contributed by atoms with Crippen molar-refractivity contribution in [2.24, 2.45) is 0 Å². The first-order chi connectivity index (χ1) is 21.7. The molecule has 0 aliphatic carbocycles. The van der Waals surface area contributed by atoms with Gasteiger partial charge in [-0.1, -0.05) is 12.1 Å². The Morgan fingerprint density at radius 3 is 2.47 bits per heavy atom. The number of aromatic hydroxyl groups is 1. The zero-order valence-corrected chi connectivity index (χ0v) is 24.6. The molecule has 2 aromatic heterocycles. The van der Waals surface area contributed by atoms with Crippen molar-refractivity contribution < 1.29 is 36.9 Å². The van der Waals surface area contributed by atoms with E-state index >= 15 is 4.39 Å². The van der Waals surface area contributed by atoms with Gasteiger partial charge in [-0.25, -0.2) is 9.37 Å². The highest BCUT2D eigenvalue weighted by molar-refractivity contribution is 6.04. The van der Waals surface area contributed by atoms with Crippen LogP contribution in [0.5, 0.6) is 23.4 Å². The number of phenolic OH excluding ortho intramolecular Hbond substituents is 1. The van der Waals surface area contributed by atoms with E-state index in [0.29, 0.717) is 38.6 Å². The topological polar surface area (TPSA) is 105 Å². The van der Waals surface area contributed by atoms with Gasteiger partial charge in [-0.2, -0.15) is 9.97 Å². The fourth-order valence-electron chi connectivity index (χ4n) is 7.03. The molecular formula is C31H32F4N6O4. The highest BCUT2D eigenvalue weighted by Gasteiger charge is 2.45. The molecule has 0 atom stereocenters. The van der Waals surface area contributed by atoms with E-state index in [4.69, 9.17) is 14.5 Å². The molecule has 238 valence electrons. The summed E-state index contributed by atoms with van der Waals surface area (Å²) in [4.78, 5) is 18.1. The van der Waals surface area contributed by atoms with E-state index in [2.05, 4.69) is 24.9 Å². The lowest BCUT2D eigenvalue weighted by atomic mass is 9.95. The molecule has 45 heavy (non-hydrogen) atoms. The SMILES string of the molecule is COc1nc(-c2cc(O)cc3cccc(OC(F)(F)F)c23)c(F)c2nc(OCC34CCCN3CCC4)nc(N3CCNCC3)c12. The van der Waals surface area contributed by atoms with Crippen LogP contribution < -0.4 is 24.4 Å². The molecule has 2 aromatic carbocycles. The molecule has 5 heterocycles. The summed E-state index contributed by atoms with van der Waals surface area (Å²) >= 11 is 0. The molecule has 3 saturated heterocycles. The number of phenols is 1. The van der Waals surface area contributed by atoms with E-state index in [1.54, 1.807) is 0 Å². The van der Waals surface area contributed by atoms with Crippen molar-refractivity contribution in [1.29, 1.82) is 0 Å². The Kier molecular flexibility index (Phi) is 7.43. The monoisotopic (exact) mass is 628 g/mol. The number of methoxy groups -OCH3 is 1. The first-order valence-electron chi connectivity index (χ1n) is 15.0. The van der Waals surface area contributed by atoms with Gasteiger partial charge < -0.3 is 29.5 Å². The Bertz CT molecular complexity index is 1750. The number of aromatic nitrogens is 3. The van der Waals surface area contributed by atoms with Gasteiger partial charge in [0.25, 0.3) is 0 Å². The van der Waals surface area contributed by atoms with Crippen molar-refractivity contribution in [3.63, 3.8) is 0 Å². The van der Waals surface area contributed by atoms with Crippen molar-refractivity contribution in [3.05, 3.63) is 36.1 Å². The molecule has 0 spiro atoms. The number of anilines is 1. The minimum absolute atomic E-state index is 0.0101. The van der Waals surface area contributed by atoms with Crippen LogP contribution in [-0.4, -0.2) is 89.8 Å².